The molecule has 3 aliphatic carbocycles. The molecule has 2 heterocycles. The van der Waals surface area contributed by atoms with Crippen LogP contribution in [0.15, 0.2) is 28.7 Å². The lowest BCUT2D eigenvalue weighted by Crippen LogP contribution is -2.63. The third-order valence-electron chi connectivity index (χ3n) is 9.04. The normalized spacial score (nSPS) is 30.2. The summed E-state index contributed by atoms with van der Waals surface area (Å²) in [4.78, 5) is 30.6. The number of aromatic hydroxyl groups is 1. The molecule has 11 nitrogen and oxygen atoms in total. The number of nitrogens with one attached hydrogen (secondary N) is 1. The number of nitrogens with zero attached hydrogens (tertiary/aromatic N) is 2. The molecule has 2 fully saturated rings. The van der Waals surface area contributed by atoms with Crippen molar-refractivity contribution in [1.29, 1.82) is 5.41 Å². The van der Waals surface area contributed by atoms with E-state index in [1.807, 2.05) is 0 Å². The van der Waals surface area contributed by atoms with Crippen LogP contribution in [0.1, 0.15) is 40.7 Å². The van der Waals surface area contributed by atoms with Crippen molar-refractivity contribution >= 4 is 17.4 Å². The van der Waals surface area contributed by atoms with Crippen molar-refractivity contribution in [1.82, 2.24) is 9.80 Å². The summed E-state index contributed by atoms with van der Waals surface area (Å²) in [6, 6.07) is 0.914. The number of ketones is 1. The molecule has 5 N–H and O–H groups in total. The molecule has 1 aromatic rings. The van der Waals surface area contributed by atoms with Crippen LogP contribution in [0, 0.1) is 17.2 Å². The maximum Gasteiger partial charge on any atom is 0.254 e. The maximum atomic E-state index is 14.2. The Hall–Kier alpha value is -3.41. The lowest BCUT2D eigenvalue weighted by Gasteiger charge is -2.51. The van der Waals surface area contributed by atoms with Crippen LogP contribution < -0.4 is 10.5 Å². The van der Waals surface area contributed by atoms with Crippen LogP contribution in [0.4, 0.5) is 0 Å². The predicted octanol–water partition coefficient (Wildman–Crippen LogP) is 1.63. The van der Waals surface area contributed by atoms with E-state index in [1.54, 1.807) is 32.2 Å². The third kappa shape index (κ3) is 3.49. The number of nitrogens with two attached hydrogens (primary N) is 1. The van der Waals surface area contributed by atoms with Gasteiger partial charge in [-0.05, 0) is 64.9 Å². The summed E-state index contributed by atoms with van der Waals surface area (Å²) in [6.45, 7) is 2.35. The second-order valence-electron chi connectivity index (χ2n) is 11.3. The van der Waals surface area contributed by atoms with Gasteiger partial charge in [0.25, 0.3) is 5.91 Å². The quantitative estimate of drug-likeness (QED) is 0.437. The number of Topliss-reactive ketones (excluding diaryl/α,β-unsaturated/α-hetero) is 1. The summed E-state index contributed by atoms with van der Waals surface area (Å²) < 4.78 is 17.9. The van der Waals surface area contributed by atoms with E-state index in [0.717, 1.165) is 31.5 Å². The monoisotopic (exact) mass is 538 g/mol. The number of ether oxygens (including phenoxy) is 3. The zero-order valence-electron chi connectivity index (χ0n) is 22.4. The van der Waals surface area contributed by atoms with Crippen molar-refractivity contribution in [2.75, 3.05) is 41.1 Å². The summed E-state index contributed by atoms with van der Waals surface area (Å²) in [5, 5.41) is 31.3. The van der Waals surface area contributed by atoms with Crippen LogP contribution in [-0.4, -0.2) is 90.1 Å². The Bertz CT molecular complexity index is 1360. The fraction of sp³-hybridized carbons (Fsp3) is 0.536. The Balaban J connectivity index is 1.52. The lowest BCUT2D eigenvalue weighted by atomic mass is 9.58. The highest BCUT2D eigenvalue weighted by molar-refractivity contribution is 6.26. The zero-order chi connectivity index (χ0) is 27.8. The second kappa shape index (κ2) is 9.07. The molecule has 11 heteroatoms. The second-order valence-corrected chi connectivity index (χ2v) is 11.3. The van der Waals surface area contributed by atoms with Gasteiger partial charge in [0.15, 0.2) is 18.2 Å². The molecular weight excluding hydrogens is 504 g/mol. The van der Waals surface area contributed by atoms with Gasteiger partial charge < -0.3 is 35.6 Å². The zero-order valence-corrected chi connectivity index (χ0v) is 22.4. The van der Waals surface area contributed by atoms with Crippen LogP contribution in [0.25, 0.3) is 0 Å². The number of hydrogen-bond donors (Lipinski definition) is 4. The van der Waals surface area contributed by atoms with Crippen molar-refractivity contribution in [3.8, 4) is 11.5 Å². The van der Waals surface area contributed by atoms with Crippen molar-refractivity contribution in [2.24, 2.45) is 17.6 Å². The molecule has 0 bridgehead atoms. The van der Waals surface area contributed by atoms with Crippen molar-refractivity contribution in [3.63, 3.8) is 0 Å². The van der Waals surface area contributed by atoms with E-state index in [4.69, 9.17) is 25.4 Å². The van der Waals surface area contributed by atoms with Crippen LogP contribution in [0.5, 0.6) is 11.5 Å². The SMILES string of the molecule is COc1c(CN2CCCC2)cc(O)c2c1C[C@H]1C[C@H]3[C@H](N(C)C)C(O)=C(C(N)=O)C(=N)[C@]34OCOC4=C1C2=O. The van der Waals surface area contributed by atoms with E-state index in [2.05, 4.69) is 4.90 Å². The van der Waals surface area contributed by atoms with Crippen molar-refractivity contribution in [3.05, 3.63) is 45.4 Å². The number of amides is 1. The molecule has 0 saturated carbocycles. The molecule has 0 radical (unpaired) electrons. The first-order valence-electron chi connectivity index (χ1n) is 13.3. The Morgan fingerprint density at radius 2 is 2.03 bits per heavy atom. The number of phenolic OH excluding ortho intramolecular Hbond substituents is 1. The van der Waals surface area contributed by atoms with Gasteiger partial charge in [-0.25, -0.2) is 0 Å². The number of hydrogen-bond acceptors (Lipinski definition) is 10. The number of primary amides is 1. The van der Waals surface area contributed by atoms with Gasteiger partial charge in [0.05, 0.1) is 24.4 Å². The summed E-state index contributed by atoms with van der Waals surface area (Å²) in [7, 11) is 5.12. The fourth-order valence-electron chi connectivity index (χ4n) is 7.53. The van der Waals surface area contributed by atoms with Gasteiger partial charge in [0.1, 0.15) is 28.6 Å². The Morgan fingerprint density at radius 1 is 1.31 bits per heavy atom. The van der Waals surface area contributed by atoms with Crippen LogP contribution in [0.2, 0.25) is 0 Å². The van der Waals surface area contributed by atoms with Crippen LogP contribution >= 0.6 is 0 Å². The maximum absolute atomic E-state index is 14.2. The number of allylic oxidation sites excluding steroid dienone is 1. The van der Waals surface area contributed by atoms with Gasteiger partial charge in [-0.3, -0.25) is 19.4 Å². The topological polar surface area (TPSA) is 159 Å². The molecule has 1 spiro atoms. The van der Waals surface area contributed by atoms with E-state index in [-0.39, 0.29) is 46.8 Å². The van der Waals surface area contributed by atoms with E-state index in [9.17, 15) is 19.8 Å². The average Bonchev–Trinajstić information content (AvgIpc) is 3.54. The van der Waals surface area contributed by atoms with E-state index in [0.29, 0.717) is 36.3 Å². The van der Waals surface area contributed by atoms with Crippen molar-refractivity contribution in [2.45, 2.75) is 43.9 Å². The highest BCUT2D eigenvalue weighted by atomic mass is 16.7. The number of likely N-dealkylation sites (N-methyl/N-ethyl adjacent to an activating group) is 1. The molecule has 5 aliphatic rings. The van der Waals surface area contributed by atoms with E-state index in [1.165, 1.54) is 0 Å². The Labute approximate surface area is 226 Å². The van der Waals surface area contributed by atoms with Gasteiger partial charge in [-0.15, -0.1) is 0 Å². The number of methoxy groups -OCH3 is 1. The van der Waals surface area contributed by atoms with Crippen molar-refractivity contribution < 1.29 is 34.0 Å². The van der Waals surface area contributed by atoms with E-state index < -0.39 is 29.3 Å². The number of rotatable bonds is 5. The minimum absolute atomic E-state index is 0.119. The molecule has 6 rings (SSSR count). The molecule has 0 unspecified atom stereocenters. The molecule has 1 aromatic carbocycles. The van der Waals surface area contributed by atoms with Gasteiger partial charge in [-0.2, -0.15) is 0 Å². The Kier molecular flexibility index (Phi) is 6.01. The fourth-order valence-corrected chi connectivity index (χ4v) is 7.53. The summed E-state index contributed by atoms with van der Waals surface area (Å²) in [6.07, 6.45) is 3.03. The first-order valence-corrected chi connectivity index (χ1v) is 13.3. The molecular formula is C28H34N4O7. The summed E-state index contributed by atoms with van der Waals surface area (Å²) in [5.41, 5.74) is 5.40. The highest BCUT2D eigenvalue weighted by Crippen LogP contribution is 2.57. The predicted molar refractivity (Wildman–Crippen MR) is 140 cm³/mol. The average molecular weight is 539 g/mol. The van der Waals surface area contributed by atoms with Crippen LogP contribution in [0.3, 0.4) is 0 Å². The number of carbonyl (C=O) groups excluding carboxylic acids is 2. The molecule has 2 saturated heterocycles. The standard InChI is InChI=1S/C28H34N4O7/c1-31(2)21-16-9-13-8-15-19(17(33)10-14(24(15)37-3)11-32-6-4-5-7-32)22(34)18(13)26-28(16,39-12-38-26)25(29)20(23(21)35)27(30)36/h10,13,16,21,29,33,35H,4-9,11-12H2,1-3H3,(H2,30,36)/t13-,16-,21-,28+/m0/s1. The third-order valence-corrected chi connectivity index (χ3v) is 9.04. The lowest BCUT2D eigenvalue weighted by molar-refractivity contribution is -0.114. The van der Waals surface area contributed by atoms with E-state index >= 15 is 0 Å². The number of aliphatic hydroxyl groups is 1. The molecule has 1 amide bonds. The molecule has 39 heavy (non-hydrogen) atoms. The minimum Gasteiger partial charge on any atom is -0.510 e. The smallest absolute Gasteiger partial charge is 0.254 e. The molecule has 4 atom stereocenters. The minimum atomic E-state index is -1.56. The van der Waals surface area contributed by atoms with Gasteiger partial charge in [-0.1, -0.05) is 0 Å². The molecule has 208 valence electrons. The number of benzene rings is 1. The summed E-state index contributed by atoms with van der Waals surface area (Å²) in [5.74, 6) is -1.86. The molecule has 0 aromatic heterocycles. The highest BCUT2D eigenvalue weighted by Gasteiger charge is 2.65. The summed E-state index contributed by atoms with van der Waals surface area (Å²) >= 11 is 0. The number of phenols is 1. The van der Waals surface area contributed by atoms with Gasteiger partial charge in [0.2, 0.25) is 0 Å². The number of fused-ring (bicyclic) bond motifs is 2. The van der Waals surface area contributed by atoms with Crippen LogP contribution in [-0.2, 0) is 27.2 Å². The largest absolute Gasteiger partial charge is 0.510 e. The van der Waals surface area contributed by atoms with Gasteiger partial charge >= 0.3 is 0 Å². The number of likely N-dealkylation sites (tertiary alicyclic amines) is 1. The number of carbonyl (C=O) groups is 2. The first-order chi connectivity index (χ1) is 18.6. The van der Waals surface area contributed by atoms with Gasteiger partial charge in [0, 0.05) is 29.2 Å². The first kappa shape index (κ1) is 25.8. The molecule has 2 aliphatic heterocycles. The number of aliphatic hydroxyl groups excluding tert-OH is 1. The Morgan fingerprint density at radius 3 is 2.67 bits per heavy atom.